The van der Waals surface area contributed by atoms with E-state index in [4.69, 9.17) is 9.15 Å². The highest BCUT2D eigenvalue weighted by Gasteiger charge is 2.47. The van der Waals surface area contributed by atoms with Crippen LogP contribution in [0.3, 0.4) is 0 Å². The molecule has 0 spiro atoms. The van der Waals surface area contributed by atoms with E-state index in [2.05, 4.69) is 10.2 Å². The lowest BCUT2D eigenvalue weighted by Gasteiger charge is -2.34. The maximum absolute atomic E-state index is 12.5. The number of hydrogen-bond donors (Lipinski definition) is 1. The van der Waals surface area contributed by atoms with Crippen molar-refractivity contribution in [1.29, 1.82) is 0 Å². The second-order valence-electron chi connectivity index (χ2n) is 6.41. The summed E-state index contributed by atoms with van der Waals surface area (Å²) in [5.41, 5.74) is 0. The van der Waals surface area contributed by atoms with E-state index >= 15 is 0 Å². The molecular weight excluding hydrogens is 310 g/mol. The maximum atomic E-state index is 12.5. The van der Waals surface area contributed by atoms with Gasteiger partial charge >= 0.3 is 0 Å². The van der Waals surface area contributed by atoms with Crippen LogP contribution in [0.2, 0.25) is 0 Å². The van der Waals surface area contributed by atoms with Crippen LogP contribution >= 0.6 is 0 Å². The van der Waals surface area contributed by atoms with Gasteiger partial charge in [-0.05, 0) is 18.6 Å². The number of furan rings is 1. The van der Waals surface area contributed by atoms with Crippen molar-refractivity contribution in [2.24, 2.45) is 5.92 Å². The summed E-state index contributed by atoms with van der Waals surface area (Å²) in [6, 6.07) is 3.81. The number of ether oxygens (including phenoxy) is 1. The third-order valence-electron chi connectivity index (χ3n) is 4.70. The van der Waals surface area contributed by atoms with E-state index in [9.17, 15) is 9.59 Å². The molecule has 2 unspecified atom stereocenters. The Bertz CT molecular complexity index is 552. The molecule has 1 aliphatic carbocycles. The van der Waals surface area contributed by atoms with E-state index in [0.29, 0.717) is 32.8 Å². The molecule has 3 rings (SSSR count). The van der Waals surface area contributed by atoms with E-state index in [1.165, 1.54) is 0 Å². The van der Waals surface area contributed by atoms with Gasteiger partial charge in [0.2, 0.25) is 11.8 Å². The lowest BCUT2D eigenvalue weighted by atomic mass is 10.2. The topological polar surface area (TPSA) is 75.0 Å². The van der Waals surface area contributed by atoms with Crippen LogP contribution in [0.1, 0.15) is 18.1 Å². The minimum Gasteiger partial charge on any atom is -0.469 e. The number of rotatable bonds is 7. The first kappa shape index (κ1) is 17.0. The molecule has 2 fully saturated rings. The Labute approximate surface area is 141 Å². The number of hydrogen-bond acceptors (Lipinski definition) is 5. The monoisotopic (exact) mass is 335 g/mol. The van der Waals surface area contributed by atoms with Crippen LogP contribution in [-0.2, 0) is 14.3 Å². The SMILES string of the molecule is COCCNC(=O)CN1CCN(C(=O)C2CC2c2ccco2)CC1. The summed E-state index contributed by atoms with van der Waals surface area (Å²) >= 11 is 0. The highest BCUT2D eigenvalue weighted by Crippen LogP contribution is 2.48. The number of nitrogens with one attached hydrogen (secondary N) is 1. The summed E-state index contributed by atoms with van der Waals surface area (Å²) in [5, 5.41) is 2.82. The maximum Gasteiger partial charge on any atom is 0.234 e. The molecule has 2 amide bonds. The highest BCUT2D eigenvalue weighted by molar-refractivity contribution is 5.83. The van der Waals surface area contributed by atoms with Crippen LogP contribution < -0.4 is 5.32 Å². The molecule has 1 aliphatic heterocycles. The van der Waals surface area contributed by atoms with Crippen molar-refractivity contribution >= 4 is 11.8 Å². The van der Waals surface area contributed by atoms with Crippen molar-refractivity contribution in [2.45, 2.75) is 12.3 Å². The molecule has 2 heterocycles. The zero-order valence-corrected chi connectivity index (χ0v) is 14.1. The van der Waals surface area contributed by atoms with Crippen LogP contribution in [0.15, 0.2) is 22.8 Å². The minimum absolute atomic E-state index is 0.00639. The minimum atomic E-state index is 0.00639. The molecule has 7 heteroatoms. The van der Waals surface area contributed by atoms with E-state index in [0.717, 1.165) is 25.3 Å². The number of methoxy groups -OCH3 is 1. The Morgan fingerprint density at radius 3 is 2.79 bits per heavy atom. The van der Waals surface area contributed by atoms with Crippen LogP contribution in [0, 0.1) is 5.92 Å². The molecule has 0 radical (unpaired) electrons. The van der Waals surface area contributed by atoms with Gasteiger partial charge in [-0.3, -0.25) is 14.5 Å². The predicted octanol–water partition coefficient (Wildman–Crippen LogP) is 0.290. The van der Waals surface area contributed by atoms with Crippen LogP contribution in [-0.4, -0.2) is 74.6 Å². The van der Waals surface area contributed by atoms with Gasteiger partial charge in [-0.1, -0.05) is 0 Å². The number of piperazine rings is 1. The van der Waals surface area contributed by atoms with Crippen molar-refractivity contribution < 1.29 is 18.7 Å². The molecule has 1 aromatic heterocycles. The highest BCUT2D eigenvalue weighted by atomic mass is 16.5. The summed E-state index contributed by atoms with van der Waals surface area (Å²) in [7, 11) is 1.61. The van der Waals surface area contributed by atoms with Crippen LogP contribution in [0.25, 0.3) is 0 Å². The third kappa shape index (κ3) is 4.15. The smallest absolute Gasteiger partial charge is 0.234 e. The van der Waals surface area contributed by atoms with Gasteiger partial charge in [-0.15, -0.1) is 0 Å². The molecule has 1 saturated carbocycles. The summed E-state index contributed by atoms with van der Waals surface area (Å²) < 4.78 is 10.3. The fourth-order valence-corrected chi connectivity index (χ4v) is 3.20. The summed E-state index contributed by atoms with van der Waals surface area (Å²) in [5.74, 6) is 1.46. The standard InChI is InChI=1S/C17H25N3O4/c1-23-10-4-18-16(21)12-19-5-7-20(8-6-19)17(22)14-11-13(14)15-3-2-9-24-15/h2-3,9,13-14H,4-8,10-12H2,1H3,(H,18,21). The predicted molar refractivity (Wildman–Crippen MR) is 87.5 cm³/mol. The number of amides is 2. The van der Waals surface area contributed by atoms with Crippen molar-refractivity contribution in [3.8, 4) is 0 Å². The second kappa shape index (κ2) is 7.81. The first-order valence-corrected chi connectivity index (χ1v) is 8.49. The Balaban J connectivity index is 1.38. The Kier molecular flexibility index (Phi) is 5.52. The van der Waals surface area contributed by atoms with Gasteiger partial charge < -0.3 is 19.4 Å². The van der Waals surface area contributed by atoms with Crippen molar-refractivity contribution in [3.05, 3.63) is 24.2 Å². The van der Waals surface area contributed by atoms with Gasteiger partial charge in [-0.2, -0.15) is 0 Å². The molecule has 24 heavy (non-hydrogen) atoms. The molecule has 7 nitrogen and oxygen atoms in total. The molecular formula is C17H25N3O4. The summed E-state index contributed by atoms with van der Waals surface area (Å²) in [4.78, 5) is 28.3. The summed E-state index contributed by atoms with van der Waals surface area (Å²) in [6.07, 6.45) is 2.54. The van der Waals surface area contributed by atoms with Gasteiger partial charge in [0.25, 0.3) is 0 Å². The molecule has 0 bridgehead atoms. The van der Waals surface area contributed by atoms with E-state index in [1.54, 1.807) is 13.4 Å². The van der Waals surface area contributed by atoms with Gasteiger partial charge in [-0.25, -0.2) is 0 Å². The fraction of sp³-hybridized carbons (Fsp3) is 0.647. The normalized spacial score (nSPS) is 24.0. The van der Waals surface area contributed by atoms with Crippen LogP contribution in [0.5, 0.6) is 0 Å². The van der Waals surface area contributed by atoms with Gasteiger partial charge in [0.05, 0.1) is 19.4 Å². The molecule has 1 N–H and O–H groups in total. The first-order chi connectivity index (χ1) is 11.7. The fourth-order valence-electron chi connectivity index (χ4n) is 3.20. The molecule has 132 valence electrons. The Hall–Kier alpha value is -1.86. The van der Waals surface area contributed by atoms with E-state index < -0.39 is 0 Å². The largest absolute Gasteiger partial charge is 0.469 e. The third-order valence-corrected chi connectivity index (χ3v) is 4.70. The summed E-state index contributed by atoms with van der Waals surface area (Å²) in [6.45, 7) is 4.28. The lowest BCUT2D eigenvalue weighted by molar-refractivity contribution is -0.134. The lowest BCUT2D eigenvalue weighted by Crippen LogP contribution is -2.51. The van der Waals surface area contributed by atoms with Crippen molar-refractivity contribution in [1.82, 2.24) is 15.1 Å². The van der Waals surface area contributed by atoms with Gasteiger partial charge in [0, 0.05) is 51.7 Å². The Morgan fingerprint density at radius 2 is 2.12 bits per heavy atom. The van der Waals surface area contributed by atoms with Gasteiger partial charge in [0.15, 0.2) is 0 Å². The zero-order valence-electron chi connectivity index (χ0n) is 14.1. The second-order valence-corrected chi connectivity index (χ2v) is 6.41. The average Bonchev–Trinajstić information content (AvgIpc) is 3.20. The van der Waals surface area contributed by atoms with Crippen molar-refractivity contribution in [2.75, 3.05) is 53.0 Å². The van der Waals surface area contributed by atoms with Crippen molar-refractivity contribution in [3.63, 3.8) is 0 Å². The average molecular weight is 335 g/mol. The molecule has 2 aliphatic rings. The molecule has 0 aromatic carbocycles. The zero-order chi connectivity index (χ0) is 16.9. The number of nitrogens with zero attached hydrogens (tertiary/aromatic N) is 2. The Morgan fingerprint density at radius 1 is 1.33 bits per heavy atom. The van der Waals surface area contributed by atoms with Crippen LogP contribution in [0.4, 0.5) is 0 Å². The molecule has 1 aromatic rings. The van der Waals surface area contributed by atoms with Gasteiger partial charge in [0.1, 0.15) is 5.76 Å². The number of carbonyl (C=O) groups is 2. The number of carbonyl (C=O) groups excluding carboxylic acids is 2. The first-order valence-electron chi connectivity index (χ1n) is 8.49. The van der Waals surface area contributed by atoms with E-state index in [1.807, 2.05) is 17.0 Å². The van der Waals surface area contributed by atoms with E-state index in [-0.39, 0.29) is 23.7 Å². The molecule has 2 atom stereocenters. The molecule has 1 saturated heterocycles. The quantitative estimate of drug-likeness (QED) is 0.725.